The van der Waals surface area contributed by atoms with E-state index in [0.29, 0.717) is 0 Å². The molecule has 2 aromatic heterocycles. The fourth-order valence-corrected chi connectivity index (χ4v) is 10.4. The van der Waals surface area contributed by atoms with Crippen LogP contribution in [0.3, 0.4) is 0 Å². The van der Waals surface area contributed by atoms with Crippen molar-refractivity contribution in [2.24, 2.45) is 0 Å². The molecule has 0 saturated heterocycles. The Morgan fingerprint density at radius 2 is 0.852 bits per heavy atom. The zero-order valence-electron chi connectivity index (χ0n) is 33.2. The summed E-state index contributed by atoms with van der Waals surface area (Å²) in [5.41, 5.74) is 14.0. The summed E-state index contributed by atoms with van der Waals surface area (Å²) in [4.78, 5) is 2.46. The van der Waals surface area contributed by atoms with E-state index < -0.39 is 0 Å². The van der Waals surface area contributed by atoms with Crippen LogP contribution >= 0.6 is 11.3 Å². The summed E-state index contributed by atoms with van der Waals surface area (Å²) in [6, 6.07) is 84.2. The van der Waals surface area contributed by atoms with E-state index >= 15 is 0 Å². The number of thiophene rings is 1. The summed E-state index contributed by atoms with van der Waals surface area (Å²) >= 11 is 1.86. The Morgan fingerprint density at radius 1 is 0.328 bits per heavy atom. The molecule has 10 aromatic carbocycles. The first kappa shape index (κ1) is 35.2. The minimum absolute atomic E-state index is 1.08. The van der Waals surface area contributed by atoms with Gasteiger partial charge in [-0.1, -0.05) is 170 Å². The van der Waals surface area contributed by atoms with Crippen LogP contribution < -0.4 is 4.90 Å². The van der Waals surface area contributed by atoms with E-state index in [9.17, 15) is 0 Å². The van der Waals surface area contributed by atoms with Crippen molar-refractivity contribution in [3.63, 3.8) is 0 Å². The van der Waals surface area contributed by atoms with Gasteiger partial charge in [-0.05, 0) is 99.3 Å². The van der Waals surface area contributed by atoms with Crippen LogP contribution in [0.5, 0.6) is 0 Å². The Morgan fingerprint density at radius 3 is 1.62 bits per heavy atom. The molecule has 2 nitrogen and oxygen atoms in total. The molecule has 0 bridgehead atoms. The van der Waals surface area contributed by atoms with Gasteiger partial charge in [0.25, 0.3) is 0 Å². The van der Waals surface area contributed by atoms with E-state index in [0.717, 1.165) is 22.7 Å². The Kier molecular flexibility index (Phi) is 8.39. The summed E-state index contributed by atoms with van der Waals surface area (Å²) in [5, 5.41) is 7.61. The monoisotopic (exact) mass is 794 g/mol. The number of fused-ring (bicyclic) bond motifs is 7. The highest BCUT2D eigenvalue weighted by Crippen LogP contribution is 2.46. The van der Waals surface area contributed by atoms with E-state index in [1.165, 1.54) is 86.1 Å². The first-order chi connectivity index (χ1) is 30.3. The van der Waals surface area contributed by atoms with Gasteiger partial charge in [-0.2, -0.15) is 0 Å². The van der Waals surface area contributed by atoms with Crippen molar-refractivity contribution in [3.8, 4) is 39.1 Å². The number of rotatable bonds is 7. The predicted molar refractivity (Wildman–Crippen MR) is 262 cm³/mol. The van der Waals surface area contributed by atoms with Gasteiger partial charge >= 0.3 is 0 Å². The largest absolute Gasteiger partial charge is 0.308 e. The fraction of sp³-hybridized carbons (Fsp3) is 0. The van der Waals surface area contributed by atoms with Crippen molar-refractivity contribution < 1.29 is 0 Å². The molecule has 12 aromatic rings. The summed E-state index contributed by atoms with van der Waals surface area (Å²) < 4.78 is 5.05. The highest BCUT2D eigenvalue weighted by molar-refractivity contribution is 7.25. The fourth-order valence-electron chi connectivity index (χ4n) is 9.36. The second-order valence-electron chi connectivity index (χ2n) is 15.7. The second kappa shape index (κ2) is 14.5. The van der Waals surface area contributed by atoms with Gasteiger partial charge in [0.05, 0.1) is 28.1 Å². The molecule has 0 amide bonds. The van der Waals surface area contributed by atoms with E-state index in [4.69, 9.17) is 0 Å². The molecule has 0 aliphatic rings. The smallest absolute Gasteiger partial charge is 0.0702 e. The maximum Gasteiger partial charge on any atom is 0.0702 e. The van der Waals surface area contributed by atoms with Gasteiger partial charge in [-0.25, -0.2) is 0 Å². The molecule has 0 aliphatic carbocycles. The lowest BCUT2D eigenvalue weighted by Gasteiger charge is -2.30. The van der Waals surface area contributed by atoms with Crippen molar-refractivity contribution in [3.05, 3.63) is 231 Å². The molecule has 0 fully saturated rings. The lowest BCUT2D eigenvalue weighted by Crippen LogP contribution is -2.14. The van der Waals surface area contributed by atoms with E-state index in [1.54, 1.807) is 0 Å². The van der Waals surface area contributed by atoms with Crippen LogP contribution in [0.25, 0.3) is 91.8 Å². The van der Waals surface area contributed by atoms with Crippen LogP contribution in [-0.4, -0.2) is 4.57 Å². The third-order valence-electron chi connectivity index (χ3n) is 12.2. The highest BCUT2D eigenvalue weighted by Gasteiger charge is 2.23. The first-order valence-corrected chi connectivity index (χ1v) is 21.7. The van der Waals surface area contributed by atoms with Crippen LogP contribution in [0.2, 0.25) is 0 Å². The number of anilines is 3. The summed E-state index contributed by atoms with van der Waals surface area (Å²) in [6.07, 6.45) is 0. The number of nitrogens with zero attached hydrogens (tertiary/aromatic N) is 2. The van der Waals surface area contributed by atoms with Crippen LogP contribution in [0.1, 0.15) is 0 Å². The van der Waals surface area contributed by atoms with Gasteiger partial charge in [-0.3, -0.25) is 0 Å². The van der Waals surface area contributed by atoms with Crippen molar-refractivity contribution in [1.82, 2.24) is 4.57 Å². The average molecular weight is 795 g/mol. The molecule has 0 unspecified atom stereocenters. The summed E-state index contributed by atoms with van der Waals surface area (Å²) in [5.74, 6) is 0. The van der Waals surface area contributed by atoms with Crippen LogP contribution in [0.4, 0.5) is 17.1 Å². The van der Waals surface area contributed by atoms with E-state index in [-0.39, 0.29) is 0 Å². The lowest BCUT2D eigenvalue weighted by molar-refractivity contribution is 1.15. The van der Waals surface area contributed by atoms with Crippen LogP contribution in [0.15, 0.2) is 231 Å². The van der Waals surface area contributed by atoms with Crippen molar-refractivity contribution in [1.29, 1.82) is 0 Å². The van der Waals surface area contributed by atoms with Gasteiger partial charge in [-0.15, -0.1) is 11.3 Å². The number of hydrogen-bond donors (Lipinski definition) is 0. The molecule has 61 heavy (non-hydrogen) atoms. The lowest BCUT2D eigenvalue weighted by atomic mass is 9.96. The van der Waals surface area contributed by atoms with Gasteiger partial charge in [0.15, 0.2) is 0 Å². The molecule has 3 heteroatoms. The second-order valence-corrected chi connectivity index (χ2v) is 16.8. The Balaban J connectivity index is 1.02. The van der Waals surface area contributed by atoms with E-state index in [2.05, 4.69) is 240 Å². The first-order valence-electron chi connectivity index (χ1n) is 20.8. The summed E-state index contributed by atoms with van der Waals surface area (Å²) in [6.45, 7) is 0. The zero-order chi connectivity index (χ0) is 40.3. The molecule has 12 rings (SSSR count). The van der Waals surface area contributed by atoms with Crippen molar-refractivity contribution in [2.75, 3.05) is 4.90 Å². The Bertz CT molecular complexity index is 3530. The average Bonchev–Trinajstić information content (AvgIpc) is 3.88. The van der Waals surface area contributed by atoms with Crippen molar-refractivity contribution in [2.45, 2.75) is 0 Å². The Hall–Kier alpha value is -7.72. The van der Waals surface area contributed by atoms with Crippen LogP contribution in [-0.2, 0) is 0 Å². The number of aromatic nitrogens is 1. The molecule has 2 heterocycles. The molecule has 0 radical (unpaired) electrons. The number of benzene rings is 10. The van der Waals surface area contributed by atoms with E-state index in [1.807, 2.05) is 11.3 Å². The van der Waals surface area contributed by atoms with Crippen molar-refractivity contribution >= 4 is 81.1 Å². The predicted octanol–water partition coefficient (Wildman–Crippen LogP) is 16.8. The molecule has 0 N–H and O–H groups in total. The Labute approximate surface area is 358 Å². The molecular formula is C58H38N2S. The SMILES string of the molecule is c1ccc(N(c2ccc(-c3ccc(-c4cccc5ccccc45)cc3)cc2)c2ccccc2-n2c3ccccc3c3ccccc32)c(-c2ccc3sc4ccccc4c3c2)c1. The van der Waals surface area contributed by atoms with Gasteiger partial charge < -0.3 is 9.47 Å². The standard InChI is InChI=1S/C58H38N2S/c1-2-16-45-41(14-1)15-13-21-46(45)42-30-28-39(29-31-42)40-32-35-44(36-33-40)59(52-22-7-3-17-47(52)43-34-37-58-51(38-43)50-20-6-12-27-57(50)61-58)55-25-10-11-26-56(55)60-53-23-8-4-18-48(53)49-19-5-9-24-54(49)60/h1-38H. The summed E-state index contributed by atoms with van der Waals surface area (Å²) in [7, 11) is 0. The van der Waals surface area contributed by atoms with Gasteiger partial charge in [0.2, 0.25) is 0 Å². The molecule has 0 atom stereocenters. The number of para-hydroxylation sites is 5. The molecule has 0 aliphatic heterocycles. The zero-order valence-corrected chi connectivity index (χ0v) is 34.1. The number of hydrogen-bond acceptors (Lipinski definition) is 2. The highest BCUT2D eigenvalue weighted by atomic mass is 32.1. The quantitative estimate of drug-likeness (QED) is 0.156. The normalized spacial score (nSPS) is 11.6. The maximum absolute atomic E-state index is 2.46. The van der Waals surface area contributed by atoms with Crippen LogP contribution in [0, 0.1) is 0 Å². The minimum Gasteiger partial charge on any atom is -0.308 e. The topological polar surface area (TPSA) is 8.17 Å². The molecule has 0 spiro atoms. The molecule has 286 valence electrons. The van der Waals surface area contributed by atoms with Gasteiger partial charge in [0, 0.05) is 42.2 Å². The minimum atomic E-state index is 1.08. The van der Waals surface area contributed by atoms with Gasteiger partial charge in [0.1, 0.15) is 0 Å². The molecular weight excluding hydrogens is 757 g/mol. The maximum atomic E-state index is 2.46. The third-order valence-corrected chi connectivity index (χ3v) is 13.4. The third kappa shape index (κ3) is 5.93. The molecule has 0 saturated carbocycles.